The van der Waals surface area contributed by atoms with Crippen molar-refractivity contribution in [2.45, 2.75) is 17.6 Å². The molecule has 0 N–H and O–H groups in total. The van der Waals surface area contributed by atoms with Crippen molar-refractivity contribution in [3.8, 4) is 5.75 Å². The highest BCUT2D eigenvalue weighted by molar-refractivity contribution is 7.90. The Balaban J connectivity index is 2.34. The smallest absolute Gasteiger partial charge is 0.310 e. The quantitative estimate of drug-likeness (QED) is 0.603. The summed E-state index contributed by atoms with van der Waals surface area (Å²) in [5.41, 5.74) is 0.264. The minimum atomic E-state index is -3.50. The van der Waals surface area contributed by atoms with Crippen molar-refractivity contribution in [2.24, 2.45) is 0 Å². The van der Waals surface area contributed by atoms with Gasteiger partial charge in [-0.3, -0.25) is 10.1 Å². The van der Waals surface area contributed by atoms with Crippen LogP contribution >= 0.6 is 0 Å². The summed E-state index contributed by atoms with van der Waals surface area (Å²) in [6, 6.07) is 12.2. The molecule has 0 aliphatic carbocycles. The van der Waals surface area contributed by atoms with E-state index in [0.717, 1.165) is 0 Å². The minimum absolute atomic E-state index is 0.0771. The maximum Gasteiger partial charge on any atom is 0.310 e. The van der Waals surface area contributed by atoms with E-state index in [0.29, 0.717) is 5.56 Å². The second-order valence-corrected chi connectivity index (χ2v) is 6.55. The first-order valence-electron chi connectivity index (χ1n) is 6.62. The highest BCUT2D eigenvalue weighted by Gasteiger charge is 2.19. The summed E-state index contributed by atoms with van der Waals surface area (Å²) in [6.45, 7) is 1.97. The van der Waals surface area contributed by atoms with Crippen LogP contribution in [0.5, 0.6) is 5.75 Å². The van der Waals surface area contributed by atoms with Crippen molar-refractivity contribution in [2.75, 3.05) is 6.61 Å². The van der Waals surface area contributed by atoms with Gasteiger partial charge in [0.1, 0.15) is 0 Å². The van der Waals surface area contributed by atoms with E-state index >= 15 is 0 Å². The second-order valence-electron chi connectivity index (χ2n) is 4.56. The van der Waals surface area contributed by atoms with Gasteiger partial charge >= 0.3 is 5.69 Å². The first-order valence-corrected chi connectivity index (χ1v) is 8.27. The Kier molecular flexibility index (Phi) is 4.77. The minimum Gasteiger partial charge on any atom is -0.487 e. The molecule has 0 fully saturated rings. The molecule has 0 heterocycles. The number of ether oxygens (including phenoxy) is 1. The fourth-order valence-corrected chi connectivity index (χ4v) is 3.36. The van der Waals surface area contributed by atoms with Gasteiger partial charge in [-0.25, -0.2) is 8.42 Å². The van der Waals surface area contributed by atoms with E-state index in [-0.39, 0.29) is 28.7 Å². The van der Waals surface area contributed by atoms with Crippen molar-refractivity contribution >= 4 is 15.5 Å². The molecule has 0 spiro atoms. The molecule has 2 aromatic carbocycles. The van der Waals surface area contributed by atoms with Crippen LogP contribution < -0.4 is 4.74 Å². The average molecular weight is 321 g/mol. The third-order valence-corrected chi connectivity index (χ3v) is 4.68. The molecule has 0 aliphatic rings. The Morgan fingerprint density at radius 1 is 1.14 bits per heavy atom. The maximum absolute atomic E-state index is 12.3. The maximum atomic E-state index is 12.3. The molecular weight excluding hydrogens is 306 g/mol. The zero-order valence-corrected chi connectivity index (χ0v) is 12.7. The number of nitro groups is 1. The molecule has 0 saturated carbocycles. The lowest BCUT2D eigenvalue weighted by molar-refractivity contribution is -0.385. The van der Waals surface area contributed by atoms with Gasteiger partial charge in [0.2, 0.25) is 0 Å². The number of nitrogens with zero attached hydrogens (tertiary/aromatic N) is 1. The molecule has 0 radical (unpaired) electrons. The molecule has 7 heteroatoms. The number of hydrogen-bond donors (Lipinski definition) is 0. The van der Waals surface area contributed by atoms with Crippen LogP contribution in [0.2, 0.25) is 0 Å². The Morgan fingerprint density at radius 2 is 1.82 bits per heavy atom. The summed E-state index contributed by atoms with van der Waals surface area (Å²) >= 11 is 0. The van der Waals surface area contributed by atoms with E-state index in [1.807, 2.05) is 0 Å². The molecule has 0 amide bonds. The average Bonchev–Trinajstić information content (AvgIpc) is 2.48. The number of sulfone groups is 1. The van der Waals surface area contributed by atoms with E-state index in [2.05, 4.69) is 0 Å². The summed E-state index contributed by atoms with van der Waals surface area (Å²) < 4.78 is 29.9. The molecule has 6 nitrogen and oxygen atoms in total. The summed E-state index contributed by atoms with van der Waals surface area (Å²) in [7, 11) is -3.50. The lowest BCUT2D eigenvalue weighted by Crippen LogP contribution is -2.06. The Labute approximate surface area is 128 Å². The molecule has 0 bridgehead atoms. The molecule has 0 atom stereocenters. The predicted molar refractivity (Wildman–Crippen MR) is 81.6 cm³/mol. The number of hydrogen-bond acceptors (Lipinski definition) is 5. The van der Waals surface area contributed by atoms with Gasteiger partial charge in [0.25, 0.3) is 0 Å². The largest absolute Gasteiger partial charge is 0.487 e. The summed E-state index contributed by atoms with van der Waals surface area (Å²) in [5.74, 6) is -0.164. The van der Waals surface area contributed by atoms with Crippen LogP contribution in [-0.2, 0) is 15.6 Å². The lowest BCUT2D eigenvalue weighted by atomic mass is 10.2. The van der Waals surface area contributed by atoms with Crippen LogP contribution in [0.3, 0.4) is 0 Å². The van der Waals surface area contributed by atoms with Gasteiger partial charge in [-0.15, -0.1) is 0 Å². The normalized spacial score (nSPS) is 11.1. The Bertz CT molecular complexity index is 772. The molecule has 0 aliphatic heterocycles. The summed E-state index contributed by atoms with van der Waals surface area (Å²) in [6.07, 6.45) is 0. The Morgan fingerprint density at radius 3 is 2.41 bits per heavy atom. The summed E-state index contributed by atoms with van der Waals surface area (Å²) in [5, 5.41) is 10.9. The van der Waals surface area contributed by atoms with Crippen molar-refractivity contribution < 1.29 is 18.1 Å². The molecule has 116 valence electrons. The first-order chi connectivity index (χ1) is 10.4. The van der Waals surface area contributed by atoms with Crippen molar-refractivity contribution in [3.63, 3.8) is 0 Å². The third-order valence-electron chi connectivity index (χ3n) is 2.98. The molecule has 0 aromatic heterocycles. The zero-order chi connectivity index (χ0) is 16.2. The monoisotopic (exact) mass is 321 g/mol. The van der Waals surface area contributed by atoms with Gasteiger partial charge < -0.3 is 4.74 Å². The van der Waals surface area contributed by atoms with Crippen molar-refractivity contribution in [1.82, 2.24) is 0 Å². The van der Waals surface area contributed by atoms with Crippen LogP contribution in [0.25, 0.3) is 0 Å². The van der Waals surface area contributed by atoms with E-state index in [4.69, 9.17) is 4.74 Å². The fraction of sp³-hybridized carbons (Fsp3) is 0.200. The van der Waals surface area contributed by atoms with Gasteiger partial charge in [-0.1, -0.05) is 24.3 Å². The van der Waals surface area contributed by atoms with Gasteiger partial charge in [-0.2, -0.15) is 0 Å². The highest BCUT2D eigenvalue weighted by atomic mass is 32.2. The van der Waals surface area contributed by atoms with Crippen molar-refractivity contribution in [3.05, 3.63) is 64.2 Å². The second kappa shape index (κ2) is 6.57. The van der Waals surface area contributed by atoms with Gasteiger partial charge in [0.05, 0.1) is 22.2 Å². The van der Waals surface area contributed by atoms with Crippen LogP contribution in [-0.4, -0.2) is 19.9 Å². The SMILES string of the molecule is CCOc1cc(CS(=O)(=O)c2ccccc2)ccc1[N+](=O)[O-]. The van der Waals surface area contributed by atoms with Crippen LogP contribution in [0, 0.1) is 10.1 Å². The topological polar surface area (TPSA) is 86.5 Å². The molecule has 2 rings (SSSR count). The van der Waals surface area contributed by atoms with Crippen molar-refractivity contribution in [1.29, 1.82) is 0 Å². The molecular formula is C15H15NO5S. The fourth-order valence-electron chi connectivity index (χ4n) is 2.00. The third kappa shape index (κ3) is 3.62. The summed E-state index contributed by atoms with van der Waals surface area (Å²) in [4.78, 5) is 10.6. The van der Waals surface area contributed by atoms with Gasteiger partial charge in [0.15, 0.2) is 15.6 Å². The van der Waals surface area contributed by atoms with E-state index in [1.165, 1.54) is 30.3 Å². The number of rotatable bonds is 6. The van der Waals surface area contributed by atoms with Crippen LogP contribution in [0.15, 0.2) is 53.4 Å². The van der Waals surface area contributed by atoms with E-state index in [1.54, 1.807) is 25.1 Å². The standard InChI is InChI=1S/C15H15NO5S/c1-2-21-15-10-12(8-9-14(15)16(17)18)11-22(19,20)13-6-4-3-5-7-13/h3-10H,2,11H2,1H3. The van der Waals surface area contributed by atoms with E-state index in [9.17, 15) is 18.5 Å². The van der Waals surface area contributed by atoms with E-state index < -0.39 is 14.8 Å². The zero-order valence-electron chi connectivity index (χ0n) is 11.9. The number of nitro benzene ring substituents is 1. The molecule has 0 saturated heterocycles. The molecule has 2 aromatic rings. The highest BCUT2D eigenvalue weighted by Crippen LogP contribution is 2.29. The predicted octanol–water partition coefficient (Wildman–Crippen LogP) is 2.97. The van der Waals surface area contributed by atoms with Gasteiger partial charge in [-0.05, 0) is 30.7 Å². The van der Waals surface area contributed by atoms with Gasteiger partial charge in [0, 0.05) is 6.07 Å². The first kappa shape index (κ1) is 16.0. The van der Waals surface area contributed by atoms with Crippen LogP contribution in [0.1, 0.15) is 12.5 Å². The Hall–Kier alpha value is -2.41. The molecule has 0 unspecified atom stereocenters. The molecule has 22 heavy (non-hydrogen) atoms. The number of benzene rings is 2. The lowest BCUT2D eigenvalue weighted by Gasteiger charge is -2.08. The van der Waals surface area contributed by atoms with Crippen LogP contribution in [0.4, 0.5) is 5.69 Å².